The molecule has 1 aromatic carbocycles. The van der Waals surface area contributed by atoms with E-state index in [2.05, 4.69) is 50.0 Å². The van der Waals surface area contributed by atoms with Gasteiger partial charge in [-0.15, -0.1) is 0 Å². The van der Waals surface area contributed by atoms with E-state index in [1.165, 1.54) is 16.3 Å². The van der Waals surface area contributed by atoms with Crippen LogP contribution >= 0.6 is 0 Å². The number of aromatic amines is 1. The lowest BCUT2D eigenvalue weighted by Crippen LogP contribution is -2.12. The second-order valence-electron chi connectivity index (χ2n) is 4.70. The van der Waals surface area contributed by atoms with Gasteiger partial charge in [-0.2, -0.15) is 0 Å². The summed E-state index contributed by atoms with van der Waals surface area (Å²) in [5.74, 6) is 0. The van der Waals surface area contributed by atoms with Crippen molar-refractivity contribution < 1.29 is 4.98 Å². The number of hydrogen-bond acceptors (Lipinski definition) is 0. The molecule has 0 saturated carbocycles. The number of rotatable bonds is 0. The average molecular weight is 186 g/mol. The molecule has 1 nitrogen and oxygen atoms in total. The normalized spacial score (nSPS) is 11.9. The van der Waals surface area contributed by atoms with Crippen LogP contribution in [0.4, 0.5) is 0 Å². The first-order valence-corrected chi connectivity index (χ1v) is 4.98. The largest absolute Gasteiger partial charge is 0.217 e. The first kappa shape index (κ1) is 9.20. The molecule has 0 aliphatic carbocycles. The highest BCUT2D eigenvalue weighted by Gasteiger charge is 2.16. The van der Waals surface area contributed by atoms with E-state index in [1.54, 1.807) is 0 Å². The van der Waals surface area contributed by atoms with Gasteiger partial charge in [-0.25, -0.2) is 4.98 Å². The summed E-state index contributed by atoms with van der Waals surface area (Å²) in [6, 6.07) is 8.62. The van der Waals surface area contributed by atoms with Gasteiger partial charge in [-0.3, -0.25) is 0 Å². The number of aromatic nitrogens is 1. The summed E-state index contributed by atoms with van der Waals surface area (Å²) in [5.41, 5.74) is 1.62. The molecule has 0 bridgehead atoms. The lowest BCUT2D eigenvalue weighted by Gasteiger charge is -2.20. The van der Waals surface area contributed by atoms with E-state index in [9.17, 15) is 0 Å². The third kappa shape index (κ3) is 1.50. The van der Waals surface area contributed by atoms with E-state index in [4.69, 9.17) is 0 Å². The first-order valence-electron chi connectivity index (χ1n) is 4.98. The Labute approximate surface area is 84.8 Å². The Balaban J connectivity index is 2.78. The molecule has 0 aliphatic heterocycles. The molecule has 14 heavy (non-hydrogen) atoms. The highest BCUT2D eigenvalue weighted by molar-refractivity contribution is 5.85. The van der Waals surface area contributed by atoms with E-state index < -0.39 is 0 Å². The molecular formula is C13H16N+. The second kappa shape index (κ2) is 3.09. The van der Waals surface area contributed by atoms with Crippen LogP contribution in [-0.4, -0.2) is 0 Å². The lowest BCUT2D eigenvalue weighted by atomic mass is 9.84. The van der Waals surface area contributed by atoms with Crippen molar-refractivity contribution in [1.29, 1.82) is 0 Å². The average Bonchev–Trinajstić information content (AvgIpc) is 2.15. The Hall–Kier alpha value is -1.37. The third-order valence-electron chi connectivity index (χ3n) is 2.53. The number of pyridine rings is 1. The summed E-state index contributed by atoms with van der Waals surface area (Å²) in [7, 11) is 0. The Morgan fingerprint density at radius 3 is 2.57 bits per heavy atom. The van der Waals surface area contributed by atoms with Crippen LogP contribution in [0.1, 0.15) is 26.3 Å². The zero-order valence-corrected chi connectivity index (χ0v) is 8.96. The molecule has 0 aliphatic rings. The van der Waals surface area contributed by atoms with Crippen LogP contribution in [-0.2, 0) is 5.41 Å². The van der Waals surface area contributed by atoms with Crippen LogP contribution in [0.25, 0.3) is 10.8 Å². The molecule has 0 radical (unpaired) electrons. The maximum atomic E-state index is 3.11. The fourth-order valence-corrected chi connectivity index (χ4v) is 1.82. The second-order valence-corrected chi connectivity index (χ2v) is 4.70. The number of hydrogen-bond donors (Lipinski definition) is 0. The number of fused-ring (bicyclic) bond motifs is 1. The van der Waals surface area contributed by atoms with Crippen molar-refractivity contribution in [2.24, 2.45) is 0 Å². The first-order chi connectivity index (χ1) is 6.59. The topological polar surface area (TPSA) is 14.1 Å². The summed E-state index contributed by atoms with van der Waals surface area (Å²) < 4.78 is 0. The Bertz CT molecular complexity index is 447. The molecule has 72 valence electrons. The molecule has 0 amide bonds. The fourth-order valence-electron chi connectivity index (χ4n) is 1.82. The van der Waals surface area contributed by atoms with Crippen molar-refractivity contribution in [2.45, 2.75) is 26.2 Å². The summed E-state index contributed by atoms with van der Waals surface area (Å²) in [6.45, 7) is 6.75. The molecule has 2 aromatic rings. The van der Waals surface area contributed by atoms with Gasteiger partial charge in [0.15, 0.2) is 12.4 Å². The molecule has 0 spiro atoms. The zero-order chi connectivity index (χ0) is 10.2. The SMILES string of the molecule is CC(C)(C)c1cccc2c[nH+]ccc12. The van der Waals surface area contributed by atoms with Gasteiger partial charge in [0.2, 0.25) is 0 Å². The smallest absolute Gasteiger partial charge is 0.174 e. The van der Waals surface area contributed by atoms with E-state index in [0.717, 1.165) is 0 Å². The zero-order valence-electron chi connectivity index (χ0n) is 8.96. The van der Waals surface area contributed by atoms with Crippen LogP contribution in [0.3, 0.4) is 0 Å². The lowest BCUT2D eigenvalue weighted by molar-refractivity contribution is -0.375. The van der Waals surface area contributed by atoms with Crippen molar-refractivity contribution in [3.63, 3.8) is 0 Å². The number of H-pyrrole nitrogens is 1. The summed E-state index contributed by atoms with van der Waals surface area (Å²) in [4.78, 5) is 3.11. The fraction of sp³-hybridized carbons (Fsp3) is 0.308. The predicted octanol–water partition coefficient (Wildman–Crippen LogP) is 2.95. The minimum absolute atomic E-state index is 0.209. The minimum atomic E-state index is 0.209. The monoisotopic (exact) mass is 186 g/mol. The van der Waals surface area contributed by atoms with Gasteiger partial charge in [-0.1, -0.05) is 32.9 Å². The van der Waals surface area contributed by atoms with Gasteiger partial charge >= 0.3 is 0 Å². The summed E-state index contributed by atoms with van der Waals surface area (Å²) in [5, 5.41) is 2.62. The Kier molecular flexibility index (Phi) is 2.03. The van der Waals surface area contributed by atoms with E-state index >= 15 is 0 Å². The highest BCUT2D eigenvalue weighted by Crippen LogP contribution is 2.28. The van der Waals surface area contributed by atoms with Crippen LogP contribution in [0.5, 0.6) is 0 Å². The molecule has 0 unspecified atom stereocenters. The van der Waals surface area contributed by atoms with E-state index in [0.29, 0.717) is 0 Å². The molecular weight excluding hydrogens is 170 g/mol. The van der Waals surface area contributed by atoms with Crippen molar-refractivity contribution in [1.82, 2.24) is 0 Å². The number of nitrogens with one attached hydrogen (secondary N) is 1. The molecule has 1 heteroatoms. The van der Waals surface area contributed by atoms with Crippen LogP contribution in [0.2, 0.25) is 0 Å². The van der Waals surface area contributed by atoms with Crippen LogP contribution in [0.15, 0.2) is 36.7 Å². The van der Waals surface area contributed by atoms with Gasteiger partial charge in [0, 0.05) is 11.5 Å². The van der Waals surface area contributed by atoms with Crippen molar-refractivity contribution in [2.75, 3.05) is 0 Å². The molecule has 2 rings (SSSR count). The molecule has 0 atom stereocenters. The van der Waals surface area contributed by atoms with Crippen molar-refractivity contribution in [3.05, 3.63) is 42.2 Å². The Morgan fingerprint density at radius 1 is 1.07 bits per heavy atom. The molecule has 1 heterocycles. The summed E-state index contributed by atoms with van der Waals surface area (Å²) in [6.07, 6.45) is 4.03. The Morgan fingerprint density at radius 2 is 1.86 bits per heavy atom. The summed E-state index contributed by atoms with van der Waals surface area (Å²) >= 11 is 0. The third-order valence-corrected chi connectivity index (χ3v) is 2.53. The van der Waals surface area contributed by atoms with Gasteiger partial charge in [0.1, 0.15) is 0 Å². The van der Waals surface area contributed by atoms with Crippen LogP contribution in [0, 0.1) is 0 Å². The van der Waals surface area contributed by atoms with Gasteiger partial charge < -0.3 is 0 Å². The van der Waals surface area contributed by atoms with E-state index in [-0.39, 0.29) is 5.41 Å². The maximum Gasteiger partial charge on any atom is 0.174 e. The standard InChI is InChI=1S/C13H15N/c1-13(2,3)12-6-4-5-10-9-14-8-7-11(10)12/h4-9H,1-3H3/p+1. The molecule has 1 aromatic heterocycles. The highest BCUT2D eigenvalue weighted by atomic mass is 14.6. The van der Waals surface area contributed by atoms with Crippen molar-refractivity contribution in [3.8, 4) is 0 Å². The van der Waals surface area contributed by atoms with Gasteiger partial charge in [0.25, 0.3) is 0 Å². The van der Waals surface area contributed by atoms with E-state index in [1.807, 2.05) is 12.4 Å². The maximum absolute atomic E-state index is 3.11. The quantitative estimate of drug-likeness (QED) is 0.600. The van der Waals surface area contributed by atoms with Crippen LogP contribution < -0.4 is 4.98 Å². The number of benzene rings is 1. The van der Waals surface area contributed by atoms with Gasteiger partial charge in [-0.05, 0) is 22.4 Å². The van der Waals surface area contributed by atoms with Crippen molar-refractivity contribution >= 4 is 10.8 Å². The van der Waals surface area contributed by atoms with Gasteiger partial charge in [0.05, 0.1) is 0 Å². The molecule has 0 saturated heterocycles. The minimum Gasteiger partial charge on any atom is -0.217 e. The molecule has 0 fully saturated rings. The predicted molar refractivity (Wildman–Crippen MR) is 59.2 cm³/mol. The molecule has 1 N–H and O–H groups in total.